The number of rotatable bonds is 13. The Balaban J connectivity index is 1.79. The van der Waals surface area contributed by atoms with E-state index in [9.17, 15) is 9.59 Å². The minimum absolute atomic E-state index is 0.0245. The first-order valence-electron chi connectivity index (χ1n) is 12.9. The molecule has 0 heterocycles. The van der Waals surface area contributed by atoms with E-state index in [0.717, 1.165) is 27.8 Å². The second kappa shape index (κ2) is 14.6. The molecule has 1 N–H and O–H groups in total. The molecule has 2 amide bonds. The molecule has 5 nitrogen and oxygen atoms in total. The molecule has 0 fully saturated rings. The molecule has 2 unspecified atom stereocenters. The van der Waals surface area contributed by atoms with Crippen LogP contribution in [0, 0.1) is 6.92 Å². The monoisotopic (exact) mass is 564 g/mol. The van der Waals surface area contributed by atoms with E-state index in [1.54, 1.807) is 4.90 Å². The molecule has 0 aliphatic rings. The fourth-order valence-corrected chi connectivity index (χ4v) is 4.47. The van der Waals surface area contributed by atoms with Crippen LogP contribution in [0.4, 0.5) is 0 Å². The number of ether oxygens (including phenoxy) is 1. The number of hydrogen-bond acceptors (Lipinski definition) is 3. The van der Waals surface area contributed by atoms with Gasteiger partial charge in [-0.05, 0) is 62.1 Å². The summed E-state index contributed by atoms with van der Waals surface area (Å²) in [5.74, 6) is 0.601. The van der Waals surface area contributed by atoms with Crippen molar-refractivity contribution in [3.63, 3.8) is 0 Å². The first-order chi connectivity index (χ1) is 17.9. The molecule has 0 bridgehead atoms. The lowest BCUT2D eigenvalue weighted by Gasteiger charge is -2.32. The van der Waals surface area contributed by atoms with Crippen molar-refractivity contribution in [1.29, 1.82) is 0 Å². The summed E-state index contributed by atoms with van der Waals surface area (Å²) in [5.41, 5.74) is 3.15. The molecule has 0 saturated carbocycles. The van der Waals surface area contributed by atoms with Gasteiger partial charge in [0.15, 0.2) is 0 Å². The van der Waals surface area contributed by atoms with E-state index in [1.807, 2.05) is 99.6 Å². The number of aryl methyl sites for hydroxylation is 1. The Bertz CT molecular complexity index is 1130. The zero-order chi connectivity index (χ0) is 26.6. The van der Waals surface area contributed by atoms with Gasteiger partial charge in [-0.25, -0.2) is 0 Å². The Morgan fingerprint density at radius 3 is 2.35 bits per heavy atom. The Hall–Kier alpha value is -3.12. The molecule has 3 aromatic carbocycles. The van der Waals surface area contributed by atoms with Crippen molar-refractivity contribution in [3.8, 4) is 5.75 Å². The van der Waals surface area contributed by atoms with E-state index in [2.05, 4.69) is 21.2 Å². The summed E-state index contributed by atoms with van der Waals surface area (Å²) in [5, 5.41) is 3.11. The molecule has 0 saturated heterocycles. The van der Waals surface area contributed by atoms with Crippen LogP contribution < -0.4 is 10.1 Å². The zero-order valence-electron chi connectivity index (χ0n) is 22.0. The lowest BCUT2D eigenvalue weighted by molar-refractivity contribution is -0.141. The number of carbonyl (C=O) groups is 2. The summed E-state index contributed by atoms with van der Waals surface area (Å²) in [6.07, 6.45) is 2.12. The summed E-state index contributed by atoms with van der Waals surface area (Å²) in [6, 6.07) is 25.0. The van der Waals surface area contributed by atoms with E-state index in [-0.39, 0.29) is 17.9 Å². The number of hydrogen-bond donors (Lipinski definition) is 1. The Morgan fingerprint density at radius 2 is 1.68 bits per heavy atom. The van der Waals surface area contributed by atoms with Gasteiger partial charge in [-0.3, -0.25) is 9.59 Å². The van der Waals surface area contributed by atoms with Gasteiger partial charge in [0, 0.05) is 29.9 Å². The van der Waals surface area contributed by atoms with E-state index >= 15 is 0 Å². The molecule has 0 aliphatic carbocycles. The third-order valence-corrected chi connectivity index (χ3v) is 6.83. The minimum atomic E-state index is -0.624. The maximum atomic E-state index is 13.7. The maximum Gasteiger partial charge on any atom is 0.243 e. The van der Waals surface area contributed by atoms with Crippen molar-refractivity contribution in [1.82, 2.24) is 10.2 Å². The van der Waals surface area contributed by atoms with Crippen LogP contribution in [0.2, 0.25) is 0 Å². The highest BCUT2D eigenvalue weighted by Gasteiger charge is 2.30. The Morgan fingerprint density at radius 1 is 0.973 bits per heavy atom. The molecule has 196 valence electrons. The van der Waals surface area contributed by atoms with Gasteiger partial charge in [-0.15, -0.1) is 0 Å². The fourth-order valence-electron chi connectivity index (χ4n) is 4.02. The van der Waals surface area contributed by atoms with Crippen LogP contribution in [0.1, 0.15) is 49.8 Å². The maximum absolute atomic E-state index is 13.7. The lowest BCUT2D eigenvalue weighted by atomic mass is 10.0. The molecule has 3 aromatic rings. The normalized spacial score (nSPS) is 12.4. The van der Waals surface area contributed by atoms with Gasteiger partial charge in [0.2, 0.25) is 11.8 Å². The predicted molar refractivity (Wildman–Crippen MR) is 152 cm³/mol. The molecule has 0 radical (unpaired) electrons. The van der Waals surface area contributed by atoms with Crippen LogP contribution in [0.15, 0.2) is 83.3 Å². The van der Waals surface area contributed by atoms with Crippen LogP contribution in [0.5, 0.6) is 5.75 Å². The highest BCUT2D eigenvalue weighted by atomic mass is 79.9. The molecule has 2 atom stereocenters. The average molecular weight is 566 g/mol. The van der Waals surface area contributed by atoms with Crippen molar-refractivity contribution in [2.24, 2.45) is 0 Å². The number of nitrogens with zero attached hydrogens (tertiary/aromatic N) is 1. The van der Waals surface area contributed by atoms with Crippen LogP contribution in [-0.2, 0) is 22.6 Å². The summed E-state index contributed by atoms with van der Waals surface area (Å²) < 4.78 is 6.78. The van der Waals surface area contributed by atoms with Crippen molar-refractivity contribution in [3.05, 3.63) is 100 Å². The first kappa shape index (κ1) is 28.5. The van der Waals surface area contributed by atoms with Gasteiger partial charge >= 0.3 is 0 Å². The second-order valence-corrected chi connectivity index (χ2v) is 10.4. The average Bonchev–Trinajstić information content (AvgIpc) is 2.90. The van der Waals surface area contributed by atoms with Gasteiger partial charge in [-0.1, -0.05) is 83.0 Å². The highest BCUT2D eigenvalue weighted by Crippen LogP contribution is 2.19. The number of halogens is 1. The molecule has 37 heavy (non-hydrogen) atoms. The van der Waals surface area contributed by atoms with Crippen molar-refractivity contribution < 1.29 is 14.3 Å². The van der Waals surface area contributed by atoms with Gasteiger partial charge in [0.1, 0.15) is 11.8 Å². The molecule has 6 heteroatoms. The summed E-state index contributed by atoms with van der Waals surface area (Å²) in [4.78, 5) is 28.9. The highest BCUT2D eigenvalue weighted by molar-refractivity contribution is 9.10. The number of carbonyl (C=O) groups excluding carboxylic acids is 2. The second-order valence-electron chi connectivity index (χ2n) is 9.44. The largest absolute Gasteiger partial charge is 0.494 e. The summed E-state index contributed by atoms with van der Waals surface area (Å²) in [6.45, 7) is 6.84. The third-order valence-electron chi connectivity index (χ3n) is 6.34. The summed E-state index contributed by atoms with van der Waals surface area (Å²) in [7, 11) is 0. The fraction of sp³-hybridized carbons (Fsp3) is 0.355. The number of nitrogens with one attached hydrogen (secondary N) is 1. The minimum Gasteiger partial charge on any atom is -0.494 e. The zero-order valence-corrected chi connectivity index (χ0v) is 23.5. The van der Waals surface area contributed by atoms with E-state index in [0.29, 0.717) is 32.4 Å². The van der Waals surface area contributed by atoms with Crippen molar-refractivity contribution in [2.75, 3.05) is 6.61 Å². The van der Waals surface area contributed by atoms with E-state index < -0.39 is 6.04 Å². The molecule has 0 aromatic heterocycles. The van der Waals surface area contributed by atoms with E-state index in [1.165, 1.54) is 5.56 Å². The van der Waals surface area contributed by atoms with Gasteiger partial charge in [0.25, 0.3) is 0 Å². The molecule has 0 aliphatic heterocycles. The topological polar surface area (TPSA) is 58.6 Å². The van der Waals surface area contributed by atoms with Crippen LogP contribution in [0.3, 0.4) is 0 Å². The van der Waals surface area contributed by atoms with Gasteiger partial charge in [-0.2, -0.15) is 0 Å². The van der Waals surface area contributed by atoms with Crippen molar-refractivity contribution in [2.45, 2.75) is 65.1 Å². The van der Waals surface area contributed by atoms with Crippen LogP contribution in [0.25, 0.3) is 0 Å². The predicted octanol–water partition coefficient (Wildman–Crippen LogP) is 6.47. The lowest BCUT2D eigenvalue weighted by Crippen LogP contribution is -2.52. The standard InChI is InChI=1S/C31H37BrN2O3/c1-4-24(3)33-31(36)29(21-25-10-6-5-7-11-25)34(22-26-12-8-13-27(32)20-26)30(35)14-9-19-37-28-17-15-23(2)16-18-28/h5-8,10-13,15-18,20,24,29H,4,9,14,19,21-22H2,1-3H3,(H,33,36). The Labute approximate surface area is 229 Å². The molecule has 3 rings (SSSR count). The molecular formula is C31H37BrN2O3. The number of amides is 2. The smallest absolute Gasteiger partial charge is 0.243 e. The van der Waals surface area contributed by atoms with Gasteiger partial charge < -0.3 is 15.0 Å². The van der Waals surface area contributed by atoms with Crippen LogP contribution >= 0.6 is 15.9 Å². The quantitative estimate of drug-likeness (QED) is 0.242. The number of benzene rings is 3. The molecule has 0 spiro atoms. The van der Waals surface area contributed by atoms with Crippen molar-refractivity contribution >= 4 is 27.7 Å². The van der Waals surface area contributed by atoms with E-state index in [4.69, 9.17) is 4.74 Å². The molecular weight excluding hydrogens is 528 g/mol. The Kier molecular flexibility index (Phi) is 11.2. The SMILES string of the molecule is CCC(C)NC(=O)C(Cc1ccccc1)N(Cc1cccc(Br)c1)C(=O)CCCOc1ccc(C)cc1. The summed E-state index contributed by atoms with van der Waals surface area (Å²) >= 11 is 3.53. The van der Waals surface area contributed by atoms with Gasteiger partial charge in [0.05, 0.1) is 6.61 Å². The first-order valence-corrected chi connectivity index (χ1v) is 13.7. The van der Waals surface area contributed by atoms with Crippen LogP contribution in [-0.4, -0.2) is 35.4 Å². The third kappa shape index (κ3) is 9.36.